The summed E-state index contributed by atoms with van der Waals surface area (Å²) in [5, 5.41) is 35.4. The molecule has 0 saturated heterocycles. The molecule has 1 saturated carbocycles. The van der Waals surface area contributed by atoms with Gasteiger partial charge in [0.25, 0.3) is 0 Å². The van der Waals surface area contributed by atoms with Crippen molar-refractivity contribution in [2.45, 2.75) is 140 Å². The molecule has 4 aliphatic rings. The quantitative estimate of drug-likeness (QED) is 0.0508. The molecule has 324 valence electrons. The van der Waals surface area contributed by atoms with E-state index in [0.29, 0.717) is 42.9 Å². The Hall–Kier alpha value is -4.06. The number of carbonyl (C=O) groups excluding carboxylic acids is 1. The Balaban J connectivity index is 1.44. The van der Waals surface area contributed by atoms with E-state index in [4.69, 9.17) is 28.9 Å². The minimum absolute atomic E-state index is 0.00947. The van der Waals surface area contributed by atoms with Crippen LogP contribution in [0.5, 0.6) is 23.0 Å². The van der Waals surface area contributed by atoms with Crippen molar-refractivity contribution < 1.29 is 43.9 Å². The molecule has 2 heterocycles. The zero-order valence-electron chi connectivity index (χ0n) is 35.5. The van der Waals surface area contributed by atoms with Crippen molar-refractivity contribution in [3.8, 4) is 23.0 Å². The average Bonchev–Trinajstić information content (AvgIpc) is 3.71. The highest BCUT2D eigenvalue weighted by atomic mass is 16.7. The summed E-state index contributed by atoms with van der Waals surface area (Å²) in [6.45, 7) is 7.12. The van der Waals surface area contributed by atoms with Crippen molar-refractivity contribution in [3.05, 3.63) is 71.8 Å². The SMILES string of the molecule is C=CCOC12Oc3ccc(O)cc3C3C(CCCCO)C(CCCCO)C=C(C(=NOC)CC1N(Cc1ccc4c(c1)OCO4)C(=O)CCCCCCCCCCC)C32. The largest absolute Gasteiger partial charge is 0.508 e. The first-order valence-corrected chi connectivity index (χ1v) is 22.4. The number of hydrogen-bond acceptors (Lipinski definition) is 10. The van der Waals surface area contributed by atoms with Crippen LogP contribution < -0.4 is 14.2 Å². The standard InChI is InChI=1S/C48H68N2O9/c1-4-6-7-8-9-10-11-12-13-20-45(54)50(32-34-21-23-42-43(28-34)57-33-56-42)44-31-40(49-55-3)38-29-35(18-14-16-25-51)37(19-15-17-26-52)46-39-30-36(53)22-24-41(39)59-48(44,47(38)46)58-27-5-2/h5,21-24,28-30,35,37,44,46-47,51-53H,2,4,6-20,25-27,31-33H2,1,3H3. The lowest BCUT2D eigenvalue weighted by molar-refractivity contribution is -0.258. The molecule has 59 heavy (non-hydrogen) atoms. The second-order valence-corrected chi connectivity index (χ2v) is 16.8. The van der Waals surface area contributed by atoms with E-state index in [-0.39, 0.29) is 62.6 Å². The predicted molar refractivity (Wildman–Crippen MR) is 229 cm³/mol. The van der Waals surface area contributed by atoms with E-state index in [1.54, 1.807) is 19.3 Å². The number of phenols is 1. The molecular formula is C48H68N2O9. The molecule has 0 bridgehead atoms. The zero-order chi connectivity index (χ0) is 41.6. The van der Waals surface area contributed by atoms with Gasteiger partial charge >= 0.3 is 0 Å². The molecule has 1 fully saturated rings. The maximum Gasteiger partial charge on any atom is 0.239 e. The molecule has 6 unspecified atom stereocenters. The molecular weight excluding hydrogens is 749 g/mol. The van der Waals surface area contributed by atoms with Gasteiger partial charge in [-0.15, -0.1) is 6.58 Å². The topological polar surface area (TPSA) is 140 Å². The number of oxime groups is 1. The Morgan fingerprint density at radius 1 is 0.915 bits per heavy atom. The van der Waals surface area contributed by atoms with E-state index in [1.165, 1.54) is 38.5 Å². The molecule has 2 aliphatic heterocycles. The summed E-state index contributed by atoms with van der Waals surface area (Å²) in [7, 11) is 1.55. The number of aliphatic hydroxyl groups excluding tert-OH is 2. The molecule has 11 heteroatoms. The van der Waals surface area contributed by atoms with Crippen molar-refractivity contribution in [2.75, 3.05) is 33.7 Å². The summed E-state index contributed by atoms with van der Waals surface area (Å²) in [5.41, 5.74) is 3.49. The first kappa shape index (κ1) is 44.5. The van der Waals surface area contributed by atoms with Crippen LogP contribution in [0.4, 0.5) is 0 Å². The molecule has 3 N–H and O–H groups in total. The molecule has 6 atom stereocenters. The van der Waals surface area contributed by atoms with E-state index in [2.05, 4.69) is 19.6 Å². The highest BCUT2D eigenvalue weighted by molar-refractivity contribution is 6.03. The van der Waals surface area contributed by atoms with Gasteiger partial charge in [0.05, 0.1) is 18.2 Å². The van der Waals surface area contributed by atoms with Crippen LogP contribution in [-0.2, 0) is 20.9 Å². The monoisotopic (exact) mass is 816 g/mol. The third-order valence-electron chi connectivity index (χ3n) is 12.8. The number of hydrogen-bond donors (Lipinski definition) is 3. The summed E-state index contributed by atoms with van der Waals surface area (Å²) in [6.07, 6.45) is 19.8. The van der Waals surface area contributed by atoms with Gasteiger partial charge in [-0.2, -0.15) is 0 Å². The minimum Gasteiger partial charge on any atom is -0.508 e. The maximum atomic E-state index is 15.0. The number of carbonyl (C=O) groups is 1. The van der Waals surface area contributed by atoms with Crippen LogP contribution in [0.1, 0.15) is 133 Å². The van der Waals surface area contributed by atoms with Gasteiger partial charge in [0, 0.05) is 44.1 Å². The van der Waals surface area contributed by atoms with Crippen LogP contribution in [0.25, 0.3) is 0 Å². The van der Waals surface area contributed by atoms with Crippen LogP contribution in [-0.4, -0.2) is 77.4 Å². The van der Waals surface area contributed by atoms with Crippen molar-refractivity contribution in [1.82, 2.24) is 4.90 Å². The molecule has 11 nitrogen and oxygen atoms in total. The molecule has 6 rings (SSSR count). The van der Waals surface area contributed by atoms with Crippen LogP contribution in [0.3, 0.4) is 0 Å². The van der Waals surface area contributed by atoms with E-state index in [0.717, 1.165) is 67.4 Å². The fourth-order valence-electron chi connectivity index (χ4n) is 10.1. The summed E-state index contributed by atoms with van der Waals surface area (Å²) < 4.78 is 25.8. The second kappa shape index (κ2) is 22.0. The van der Waals surface area contributed by atoms with E-state index in [1.807, 2.05) is 35.2 Å². The Labute approximate surface area is 351 Å². The lowest BCUT2D eigenvalue weighted by Gasteiger charge is -2.60. The molecule has 2 aromatic carbocycles. The fraction of sp³-hybridized carbons (Fsp3) is 0.625. The second-order valence-electron chi connectivity index (χ2n) is 16.8. The number of phenolic OH excluding ortho intramolecular Hbond substituents is 1. The Morgan fingerprint density at radius 3 is 2.36 bits per heavy atom. The number of unbranched alkanes of at least 4 members (excludes halogenated alkanes) is 10. The van der Waals surface area contributed by atoms with Crippen LogP contribution in [0.15, 0.2) is 65.9 Å². The highest BCUT2D eigenvalue weighted by Crippen LogP contribution is 2.62. The number of benzene rings is 2. The number of rotatable bonds is 25. The normalized spacial score (nSPS) is 24.5. The summed E-state index contributed by atoms with van der Waals surface area (Å²) in [6, 6.07) is 10.5. The van der Waals surface area contributed by atoms with Gasteiger partial charge in [0.2, 0.25) is 18.5 Å². The third kappa shape index (κ3) is 10.5. The lowest BCUT2D eigenvalue weighted by atomic mass is 9.55. The number of aliphatic hydroxyl groups is 2. The smallest absolute Gasteiger partial charge is 0.239 e. The summed E-state index contributed by atoms with van der Waals surface area (Å²) in [4.78, 5) is 22.5. The zero-order valence-corrected chi connectivity index (χ0v) is 35.5. The minimum atomic E-state index is -1.36. The summed E-state index contributed by atoms with van der Waals surface area (Å²) in [5.74, 6) is 0.286. The Bertz CT molecular complexity index is 1740. The van der Waals surface area contributed by atoms with Crippen LogP contribution in [0, 0.1) is 17.8 Å². The summed E-state index contributed by atoms with van der Waals surface area (Å²) >= 11 is 0. The van der Waals surface area contributed by atoms with E-state index in [9.17, 15) is 20.1 Å². The van der Waals surface area contributed by atoms with Crippen molar-refractivity contribution in [1.29, 1.82) is 0 Å². The van der Waals surface area contributed by atoms with Crippen molar-refractivity contribution in [2.24, 2.45) is 22.9 Å². The van der Waals surface area contributed by atoms with Gasteiger partial charge in [-0.25, -0.2) is 0 Å². The molecule has 0 spiro atoms. The van der Waals surface area contributed by atoms with Gasteiger partial charge in [-0.05, 0) is 85.4 Å². The number of aromatic hydroxyl groups is 1. The molecule has 2 aromatic rings. The molecule has 1 amide bonds. The lowest BCUT2D eigenvalue weighted by Crippen LogP contribution is -2.70. The molecule has 0 radical (unpaired) electrons. The predicted octanol–water partition coefficient (Wildman–Crippen LogP) is 9.33. The third-order valence-corrected chi connectivity index (χ3v) is 12.8. The van der Waals surface area contributed by atoms with Crippen LogP contribution in [0.2, 0.25) is 0 Å². The Morgan fingerprint density at radius 2 is 1.63 bits per heavy atom. The first-order chi connectivity index (χ1) is 28.9. The average molecular weight is 817 g/mol. The van der Waals surface area contributed by atoms with Gasteiger partial charge in [0.1, 0.15) is 24.7 Å². The maximum absolute atomic E-state index is 15.0. The molecule has 2 aliphatic carbocycles. The van der Waals surface area contributed by atoms with Crippen molar-refractivity contribution >= 4 is 11.6 Å². The number of ether oxygens (including phenoxy) is 4. The van der Waals surface area contributed by atoms with Crippen molar-refractivity contribution in [3.63, 3.8) is 0 Å². The molecule has 0 aromatic heterocycles. The van der Waals surface area contributed by atoms with Gasteiger partial charge in [-0.3, -0.25) is 4.79 Å². The first-order valence-electron chi connectivity index (χ1n) is 22.4. The van der Waals surface area contributed by atoms with Gasteiger partial charge in [-0.1, -0.05) is 94.5 Å². The number of amides is 1. The van der Waals surface area contributed by atoms with E-state index >= 15 is 0 Å². The fourth-order valence-corrected chi connectivity index (χ4v) is 10.1. The van der Waals surface area contributed by atoms with Crippen LogP contribution >= 0.6 is 0 Å². The number of allylic oxidation sites excluding steroid dienone is 1. The van der Waals surface area contributed by atoms with Gasteiger partial charge in [0.15, 0.2) is 11.5 Å². The highest BCUT2D eigenvalue weighted by Gasteiger charge is 2.65. The number of fused-ring (bicyclic) bond motifs is 3. The van der Waals surface area contributed by atoms with E-state index < -0.39 is 17.7 Å². The van der Waals surface area contributed by atoms with Gasteiger partial charge < -0.3 is 44.0 Å². The Kier molecular flexibility index (Phi) is 16.6. The number of nitrogens with zero attached hydrogens (tertiary/aromatic N) is 2.